The number of hydrogen-bond donors (Lipinski definition) is 3. The van der Waals surface area contributed by atoms with Crippen molar-refractivity contribution in [2.75, 3.05) is 0 Å². The minimum absolute atomic E-state index is 0.149. The third-order valence-corrected chi connectivity index (χ3v) is 3.35. The van der Waals surface area contributed by atoms with Crippen LogP contribution in [-0.4, -0.2) is 21.7 Å². The van der Waals surface area contributed by atoms with E-state index in [4.69, 9.17) is 9.26 Å². The molecule has 0 saturated heterocycles. The maximum Gasteiger partial charge on any atom is 0.413 e. The standard InChI is InChI=1S/C13H17FN3O4P.C2H6/c1-13(2,3)20-12(18)17-22(19)15-7-10-9-5-4-8(14)6-11(9)21-16-10;1-2/h4-6,15,19H,7H2,1-3H3,(H,17,18);1-2H3. The first-order valence-corrected chi connectivity index (χ1v) is 8.80. The topological polar surface area (TPSA) is 96.6 Å². The molecule has 0 saturated carbocycles. The molecule has 2 rings (SSSR count). The van der Waals surface area contributed by atoms with Crippen LogP contribution in [0.15, 0.2) is 22.7 Å². The fraction of sp³-hybridized carbons (Fsp3) is 0.467. The van der Waals surface area contributed by atoms with Crippen LogP contribution in [0.5, 0.6) is 0 Å². The molecule has 0 spiro atoms. The summed E-state index contributed by atoms with van der Waals surface area (Å²) in [5.41, 5.74) is 0.175. The smallest absolute Gasteiger partial charge is 0.413 e. The number of nitrogens with one attached hydrogen (secondary N) is 2. The van der Waals surface area contributed by atoms with Gasteiger partial charge in [-0.3, -0.25) is 5.09 Å². The Morgan fingerprint density at radius 1 is 1.42 bits per heavy atom. The van der Waals surface area contributed by atoms with Crippen LogP contribution < -0.4 is 10.2 Å². The van der Waals surface area contributed by atoms with E-state index in [2.05, 4.69) is 15.3 Å². The molecule has 1 aromatic carbocycles. The van der Waals surface area contributed by atoms with Crippen LogP contribution in [0.2, 0.25) is 0 Å². The van der Waals surface area contributed by atoms with E-state index in [1.807, 2.05) is 13.8 Å². The van der Waals surface area contributed by atoms with Gasteiger partial charge in [-0.15, -0.1) is 0 Å². The number of ether oxygens (including phenoxy) is 1. The minimum atomic E-state index is -1.97. The molecule has 9 heteroatoms. The minimum Gasteiger partial charge on any atom is -0.444 e. The first kappa shape index (κ1) is 20.3. The van der Waals surface area contributed by atoms with Crippen LogP contribution in [0.25, 0.3) is 11.0 Å². The summed E-state index contributed by atoms with van der Waals surface area (Å²) in [6.07, 6.45) is -0.722. The maximum atomic E-state index is 13.0. The second-order valence-electron chi connectivity index (χ2n) is 5.53. The van der Waals surface area contributed by atoms with Gasteiger partial charge in [-0.2, -0.15) is 0 Å². The highest BCUT2D eigenvalue weighted by Gasteiger charge is 2.19. The van der Waals surface area contributed by atoms with Crippen molar-refractivity contribution in [1.29, 1.82) is 0 Å². The fourth-order valence-corrected chi connectivity index (χ4v) is 2.26. The Labute approximate surface area is 141 Å². The number of fused-ring (bicyclic) bond motifs is 1. The zero-order valence-corrected chi connectivity index (χ0v) is 15.3. The lowest BCUT2D eigenvalue weighted by molar-refractivity contribution is 0.0567. The Hall–Kier alpha value is -1.76. The monoisotopic (exact) mass is 359 g/mol. The zero-order valence-electron chi connectivity index (χ0n) is 14.4. The summed E-state index contributed by atoms with van der Waals surface area (Å²) in [5.74, 6) is -0.417. The predicted octanol–water partition coefficient (Wildman–Crippen LogP) is 3.83. The zero-order chi connectivity index (χ0) is 18.3. The molecule has 3 N–H and O–H groups in total. The van der Waals surface area contributed by atoms with Crippen LogP contribution in [-0.2, 0) is 11.3 Å². The summed E-state index contributed by atoms with van der Waals surface area (Å²) in [4.78, 5) is 21.2. The first-order chi connectivity index (χ1) is 11.2. The lowest BCUT2D eigenvalue weighted by atomic mass is 10.2. The molecule has 0 aliphatic rings. The molecule has 134 valence electrons. The maximum absolute atomic E-state index is 13.0. The van der Waals surface area contributed by atoms with E-state index in [1.165, 1.54) is 12.1 Å². The Morgan fingerprint density at radius 3 is 2.71 bits per heavy atom. The average Bonchev–Trinajstić information content (AvgIpc) is 2.87. The van der Waals surface area contributed by atoms with Gasteiger partial charge in [0.05, 0.1) is 0 Å². The molecule has 0 aliphatic carbocycles. The number of nitrogens with zero attached hydrogens (tertiary/aromatic N) is 1. The molecule has 2 aromatic rings. The van der Waals surface area contributed by atoms with Crippen LogP contribution in [0, 0.1) is 5.82 Å². The number of carbonyl (C=O) groups is 1. The van der Waals surface area contributed by atoms with Crippen molar-refractivity contribution in [3.8, 4) is 0 Å². The van der Waals surface area contributed by atoms with Gasteiger partial charge in [0, 0.05) is 18.0 Å². The SMILES string of the molecule is CC.CC(C)(C)OC(=O)NP(O)NCc1noc2cc(F)ccc12. The normalized spacial score (nSPS) is 12.3. The van der Waals surface area contributed by atoms with Crippen molar-refractivity contribution in [2.24, 2.45) is 0 Å². The van der Waals surface area contributed by atoms with E-state index in [0.29, 0.717) is 16.7 Å². The molecule has 1 amide bonds. The van der Waals surface area contributed by atoms with Crippen LogP contribution in [0.1, 0.15) is 40.3 Å². The highest BCUT2D eigenvalue weighted by Crippen LogP contribution is 2.23. The number of aromatic nitrogens is 1. The Balaban J connectivity index is 0.00000139. The summed E-state index contributed by atoms with van der Waals surface area (Å²) in [7, 11) is -1.97. The lowest BCUT2D eigenvalue weighted by Gasteiger charge is -2.21. The van der Waals surface area contributed by atoms with Crippen molar-refractivity contribution >= 4 is 25.5 Å². The number of hydrogen-bond acceptors (Lipinski definition) is 6. The molecule has 1 atom stereocenters. The van der Waals surface area contributed by atoms with Gasteiger partial charge < -0.3 is 14.2 Å². The van der Waals surface area contributed by atoms with E-state index in [1.54, 1.807) is 26.8 Å². The summed E-state index contributed by atoms with van der Waals surface area (Å²) in [5, 5.41) is 9.42. The van der Waals surface area contributed by atoms with Crippen molar-refractivity contribution in [1.82, 2.24) is 15.3 Å². The van der Waals surface area contributed by atoms with E-state index in [-0.39, 0.29) is 6.54 Å². The molecule has 24 heavy (non-hydrogen) atoms. The molecule has 0 radical (unpaired) electrons. The molecule has 0 fully saturated rings. The van der Waals surface area contributed by atoms with Crippen molar-refractivity contribution in [3.63, 3.8) is 0 Å². The van der Waals surface area contributed by atoms with Gasteiger partial charge in [-0.25, -0.2) is 14.3 Å². The van der Waals surface area contributed by atoms with Gasteiger partial charge >= 0.3 is 6.09 Å². The third-order valence-electron chi connectivity index (χ3n) is 2.50. The fourth-order valence-electron chi connectivity index (χ4n) is 1.67. The van der Waals surface area contributed by atoms with Gasteiger partial charge in [0.2, 0.25) is 8.45 Å². The van der Waals surface area contributed by atoms with Gasteiger partial charge in [0.25, 0.3) is 0 Å². The second-order valence-corrected chi connectivity index (χ2v) is 6.69. The molecular formula is C15H23FN3O4P. The number of halogens is 1. The first-order valence-electron chi connectivity index (χ1n) is 7.50. The van der Waals surface area contributed by atoms with Crippen LogP contribution >= 0.6 is 8.45 Å². The van der Waals surface area contributed by atoms with E-state index < -0.39 is 26.0 Å². The molecule has 1 unspecified atom stereocenters. The molecule has 0 bridgehead atoms. The van der Waals surface area contributed by atoms with Gasteiger partial charge in [0.15, 0.2) is 5.58 Å². The largest absolute Gasteiger partial charge is 0.444 e. The number of amides is 1. The van der Waals surface area contributed by atoms with E-state index >= 15 is 0 Å². The van der Waals surface area contributed by atoms with Gasteiger partial charge in [0.1, 0.15) is 17.1 Å². The third kappa shape index (κ3) is 6.39. The number of benzene rings is 1. The lowest BCUT2D eigenvalue weighted by Crippen LogP contribution is -2.32. The summed E-state index contributed by atoms with van der Waals surface area (Å²) >= 11 is 0. The second kappa shape index (κ2) is 8.92. The number of rotatable bonds is 4. The van der Waals surface area contributed by atoms with E-state index in [9.17, 15) is 14.1 Å². The highest BCUT2D eigenvalue weighted by atomic mass is 31.2. The molecular weight excluding hydrogens is 336 g/mol. The summed E-state index contributed by atoms with van der Waals surface area (Å²) < 4.78 is 23.0. The Bertz CT molecular complexity index is 672. The molecule has 7 nitrogen and oxygen atoms in total. The molecule has 1 aromatic heterocycles. The van der Waals surface area contributed by atoms with E-state index in [0.717, 1.165) is 0 Å². The van der Waals surface area contributed by atoms with Gasteiger partial charge in [-0.05, 0) is 32.9 Å². The number of carbonyl (C=O) groups excluding carboxylic acids is 1. The van der Waals surface area contributed by atoms with Crippen molar-refractivity contribution in [3.05, 3.63) is 29.7 Å². The van der Waals surface area contributed by atoms with Crippen molar-refractivity contribution in [2.45, 2.75) is 46.8 Å². The summed E-state index contributed by atoms with van der Waals surface area (Å²) in [6.45, 7) is 9.32. The van der Waals surface area contributed by atoms with Crippen molar-refractivity contribution < 1.29 is 23.3 Å². The van der Waals surface area contributed by atoms with Gasteiger partial charge in [-0.1, -0.05) is 19.0 Å². The predicted molar refractivity (Wildman–Crippen MR) is 90.7 cm³/mol. The molecule has 1 heterocycles. The van der Waals surface area contributed by atoms with Crippen LogP contribution in [0.3, 0.4) is 0 Å². The Morgan fingerprint density at radius 2 is 2.08 bits per heavy atom. The average molecular weight is 359 g/mol. The molecule has 0 aliphatic heterocycles. The quantitative estimate of drug-likeness (QED) is 0.718. The highest BCUT2D eigenvalue weighted by molar-refractivity contribution is 7.47. The summed E-state index contributed by atoms with van der Waals surface area (Å²) in [6, 6.07) is 4.06. The van der Waals surface area contributed by atoms with Crippen LogP contribution in [0.4, 0.5) is 9.18 Å². The Kier molecular flexibility index (Phi) is 7.54.